The van der Waals surface area contributed by atoms with E-state index in [-0.39, 0.29) is 0 Å². The molecular formula is C22H27ClIN5O3. The zero-order chi connectivity index (χ0) is 22.8. The van der Waals surface area contributed by atoms with Crippen molar-refractivity contribution < 1.29 is 14.3 Å². The molecule has 1 atom stereocenters. The van der Waals surface area contributed by atoms with E-state index in [1.165, 1.54) is 4.90 Å². The van der Waals surface area contributed by atoms with Crippen molar-refractivity contribution in [3.63, 3.8) is 0 Å². The second-order valence-corrected chi connectivity index (χ2v) is 9.85. The molecule has 0 bridgehead atoms. The summed E-state index contributed by atoms with van der Waals surface area (Å²) in [6.07, 6.45) is 1.61. The summed E-state index contributed by atoms with van der Waals surface area (Å²) in [5.41, 5.74) is 9.12. The van der Waals surface area contributed by atoms with Crippen LogP contribution in [0.25, 0.3) is 11.3 Å². The van der Waals surface area contributed by atoms with Gasteiger partial charge in [0.05, 0.1) is 30.5 Å². The fourth-order valence-electron chi connectivity index (χ4n) is 4.40. The third-order valence-electron chi connectivity index (χ3n) is 6.15. The lowest BCUT2D eigenvalue weighted by Crippen LogP contribution is -2.44. The van der Waals surface area contributed by atoms with Crippen LogP contribution in [0, 0.1) is 3.57 Å². The molecule has 0 saturated carbocycles. The molecule has 2 aliphatic rings. The number of benzene rings is 1. The summed E-state index contributed by atoms with van der Waals surface area (Å²) in [7, 11) is 0. The molecule has 10 heteroatoms. The molecule has 4 rings (SSSR count). The number of ether oxygens (including phenoxy) is 1. The molecule has 0 aliphatic carbocycles. The Morgan fingerprint density at radius 1 is 1.31 bits per heavy atom. The molecule has 172 valence electrons. The van der Waals surface area contributed by atoms with Crippen molar-refractivity contribution in [3.8, 4) is 11.3 Å². The van der Waals surface area contributed by atoms with Crippen LogP contribution in [-0.2, 0) is 33.8 Å². The number of halogens is 2. The molecule has 2 aliphatic heterocycles. The maximum absolute atomic E-state index is 12.2. The minimum Gasteiger partial charge on any atom is -0.379 e. The summed E-state index contributed by atoms with van der Waals surface area (Å²) in [6.45, 7) is 7.27. The summed E-state index contributed by atoms with van der Waals surface area (Å²) < 4.78 is 8.54. The number of nitrogens with zero attached hydrogens (tertiary/aromatic N) is 4. The predicted octanol–water partition coefficient (Wildman–Crippen LogP) is 2.29. The van der Waals surface area contributed by atoms with Crippen LogP contribution < -0.4 is 5.73 Å². The third-order valence-corrected chi connectivity index (χ3v) is 7.69. The van der Waals surface area contributed by atoms with Gasteiger partial charge < -0.3 is 15.4 Å². The van der Waals surface area contributed by atoms with Crippen LogP contribution >= 0.6 is 34.2 Å². The number of nitrogens with two attached hydrogens (primary N) is 1. The number of carbonyl (C=O) groups excluding carboxylic acids is 2. The number of amides is 2. The summed E-state index contributed by atoms with van der Waals surface area (Å²) in [6, 6.07) is 6.23. The highest BCUT2D eigenvalue weighted by Crippen LogP contribution is 2.32. The molecule has 0 spiro atoms. The van der Waals surface area contributed by atoms with Crippen molar-refractivity contribution >= 4 is 46.0 Å². The molecule has 0 radical (unpaired) electrons. The molecule has 1 aromatic carbocycles. The first-order chi connectivity index (χ1) is 15.3. The van der Waals surface area contributed by atoms with E-state index >= 15 is 0 Å². The number of hydrogen-bond donors (Lipinski definition) is 1. The standard InChI is InChI=1S/C22H27ClIN5O3/c1-14-13-32-10-9-27(14)6-2-7-29-19-5-8-28(22(31)21(25)30)12-16(19)20(26-29)15-3-4-17(23)18(24)11-15/h3-4,11,14H,2,5-10,12-13H2,1H3,(H2,25,30)/t14-/m0/s1. The molecule has 0 unspecified atom stereocenters. The van der Waals surface area contributed by atoms with Crippen LogP contribution in [0.5, 0.6) is 0 Å². The fourth-order valence-corrected chi connectivity index (χ4v) is 5.03. The monoisotopic (exact) mass is 571 g/mol. The van der Waals surface area contributed by atoms with Gasteiger partial charge in [0.15, 0.2) is 0 Å². The first kappa shape index (κ1) is 23.5. The predicted molar refractivity (Wildman–Crippen MR) is 130 cm³/mol. The number of morpholine rings is 1. The smallest absolute Gasteiger partial charge is 0.311 e. The Balaban J connectivity index is 1.59. The lowest BCUT2D eigenvalue weighted by atomic mass is 10.0. The van der Waals surface area contributed by atoms with Crippen molar-refractivity contribution in [2.75, 3.05) is 32.8 Å². The largest absolute Gasteiger partial charge is 0.379 e. The molecule has 8 nitrogen and oxygen atoms in total. The van der Waals surface area contributed by atoms with Crippen LogP contribution in [0.15, 0.2) is 18.2 Å². The molecule has 2 N–H and O–H groups in total. The van der Waals surface area contributed by atoms with Gasteiger partial charge in [-0.15, -0.1) is 0 Å². The summed E-state index contributed by atoms with van der Waals surface area (Å²) in [5, 5.41) is 5.63. The normalized spacial score (nSPS) is 19.1. The number of rotatable bonds is 5. The van der Waals surface area contributed by atoms with E-state index in [4.69, 9.17) is 27.2 Å². The van der Waals surface area contributed by atoms with Crippen molar-refractivity contribution in [2.45, 2.75) is 38.9 Å². The molecule has 3 heterocycles. The van der Waals surface area contributed by atoms with Gasteiger partial charge in [-0.2, -0.15) is 5.10 Å². The van der Waals surface area contributed by atoms with E-state index in [1.54, 1.807) is 0 Å². The van der Waals surface area contributed by atoms with Gasteiger partial charge in [0.2, 0.25) is 0 Å². The van der Waals surface area contributed by atoms with Gasteiger partial charge in [0.25, 0.3) is 0 Å². The Morgan fingerprint density at radius 3 is 2.84 bits per heavy atom. The number of primary amides is 1. The maximum atomic E-state index is 12.2. The van der Waals surface area contributed by atoms with Gasteiger partial charge >= 0.3 is 11.8 Å². The van der Waals surface area contributed by atoms with Crippen LogP contribution in [0.4, 0.5) is 0 Å². The van der Waals surface area contributed by atoms with Crippen molar-refractivity contribution in [3.05, 3.63) is 38.0 Å². The van der Waals surface area contributed by atoms with Crippen molar-refractivity contribution in [1.29, 1.82) is 0 Å². The Morgan fingerprint density at radius 2 is 2.12 bits per heavy atom. The highest BCUT2D eigenvalue weighted by molar-refractivity contribution is 14.1. The minimum absolute atomic E-state index is 0.326. The van der Waals surface area contributed by atoms with Crippen molar-refractivity contribution in [1.82, 2.24) is 19.6 Å². The maximum Gasteiger partial charge on any atom is 0.311 e. The van der Waals surface area contributed by atoms with E-state index in [0.717, 1.165) is 65.4 Å². The zero-order valence-corrected chi connectivity index (χ0v) is 20.9. The molecule has 2 amide bonds. The Labute approximate surface area is 206 Å². The number of aromatic nitrogens is 2. The lowest BCUT2D eigenvalue weighted by Gasteiger charge is -2.33. The minimum atomic E-state index is -0.928. The van der Waals surface area contributed by atoms with Gasteiger partial charge in [0.1, 0.15) is 0 Å². The number of fused-ring (bicyclic) bond motifs is 1. The Kier molecular flexibility index (Phi) is 7.38. The third kappa shape index (κ3) is 4.95. The average molecular weight is 572 g/mol. The van der Waals surface area contributed by atoms with Crippen LogP contribution in [0.3, 0.4) is 0 Å². The van der Waals surface area contributed by atoms with E-state index in [2.05, 4.69) is 39.1 Å². The van der Waals surface area contributed by atoms with Gasteiger partial charge in [-0.1, -0.05) is 17.7 Å². The molecule has 1 fully saturated rings. The molecule has 1 saturated heterocycles. The second kappa shape index (κ2) is 10.1. The van der Waals surface area contributed by atoms with Gasteiger partial charge in [-0.25, -0.2) is 0 Å². The van der Waals surface area contributed by atoms with E-state index in [0.29, 0.717) is 30.6 Å². The number of aryl methyl sites for hydroxylation is 1. The Bertz CT molecular complexity index is 1030. The average Bonchev–Trinajstić information content (AvgIpc) is 3.14. The molecular weight excluding hydrogens is 545 g/mol. The summed E-state index contributed by atoms with van der Waals surface area (Å²) in [5.74, 6) is -1.58. The number of carbonyl (C=O) groups is 2. The SMILES string of the molecule is C[C@H]1COCCN1CCCn1nc(-c2ccc(Cl)c(I)c2)c2c1CCN(C(=O)C(N)=O)C2. The van der Waals surface area contributed by atoms with Crippen LogP contribution in [0.1, 0.15) is 24.6 Å². The summed E-state index contributed by atoms with van der Waals surface area (Å²) in [4.78, 5) is 27.6. The fraction of sp³-hybridized carbons (Fsp3) is 0.500. The topological polar surface area (TPSA) is 93.7 Å². The molecule has 1 aromatic heterocycles. The highest BCUT2D eigenvalue weighted by Gasteiger charge is 2.30. The zero-order valence-electron chi connectivity index (χ0n) is 18.0. The molecule has 2 aromatic rings. The number of hydrogen-bond acceptors (Lipinski definition) is 5. The van der Waals surface area contributed by atoms with Gasteiger partial charge in [-0.05, 0) is 48.1 Å². The first-order valence-electron chi connectivity index (χ1n) is 10.8. The first-order valence-corrected chi connectivity index (χ1v) is 12.2. The van der Waals surface area contributed by atoms with E-state index < -0.39 is 11.8 Å². The lowest BCUT2D eigenvalue weighted by molar-refractivity contribution is -0.144. The Hall–Kier alpha value is -1.69. The quantitative estimate of drug-likeness (QED) is 0.439. The second-order valence-electron chi connectivity index (χ2n) is 8.28. The van der Waals surface area contributed by atoms with Crippen molar-refractivity contribution in [2.24, 2.45) is 5.73 Å². The van der Waals surface area contributed by atoms with Crippen LogP contribution in [-0.4, -0.2) is 70.3 Å². The highest BCUT2D eigenvalue weighted by atomic mass is 127. The van der Waals surface area contributed by atoms with Gasteiger partial charge in [-0.3, -0.25) is 19.2 Å². The van der Waals surface area contributed by atoms with E-state index in [1.807, 2.05) is 18.2 Å². The van der Waals surface area contributed by atoms with Gasteiger partial charge in [0, 0.05) is 59.0 Å². The van der Waals surface area contributed by atoms with Crippen LogP contribution in [0.2, 0.25) is 5.02 Å². The summed E-state index contributed by atoms with van der Waals surface area (Å²) >= 11 is 8.42. The molecule has 32 heavy (non-hydrogen) atoms. The van der Waals surface area contributed by atoms with E-state index in [9.17, 15) is 9.59 Å².